The van der Waals surface area contributed by atoms with Crippen LogP contribution in [-0.2, 0) is 12.5 Å². The first-order valence-corrected chi connectivity index (χ1v) is 13.9. The van der Waals surface area contributed by atoms with Crippen LogP contribution in [0.2, 0.25) is 0 Å². The van der Waals surface area contributed by atoms with Crippen LogP contribution in [0.1, 0.15) is 37.3 Å². The average molecular weight is 629 g/mol. The molecule has 45 heavy (non-hydrogen) atoms. The Balaban J connectivity index is 1.34. The van der Waals surface area contributed by atoms with Crippen molar-refractivity contribution in [3.05, 3.63) is 125 Å². The van der Waals surface area contributed by atoms with Crippen LogP contribution in [0.25, 0.3) is 33.6 Å². The summed E-state index contributed by atoms with van der Waals surface area (Å²) in [5.74, 6) is -8.39. The quantitative estimate of drug-likeness (QED) is 0.114. The molecule has 11 heteroatoms. The SMILES string of the molecule is CCCCCc1cnc(-c2ccc(-c3ccc(C(F)(F)Oc4cc(F)c(-c5ccc(F)c(F)c5)c(F)c4)c(F)c3)c(F)c2)nc1. The zero-order valence-electron chi connectivity index (χ0n) is 23.7. The van der Waals surface area contributed by atoms with E-state index >= 15 is 4.39 Å². The Hall–Kier alpha value is -4.80. The number of nitrogens with zero attached hydrogens (tertiary/aromatic N) is 2. The van der Waals surface area contributed by atoms with E-state index in [1.165, 1.54) is 12.1 Å². The van der Waals surface area contributed by atoms with Crippen LogP contribution in [-0.4, -0.2) is 9.97 Å². The number of hydrogen-bond donors (Lipinski definition) is 0. The molecule has 0 N–H and O–H groups in total. The third kappa shape index (κ3) is 6.97. The molecule has 5 aromatic rings. The Labute approximate surface area is 253 Å². The van der Waals surface area contributed by atoms with Gasteiger partial charge < -0.3 is 4.74 Å². The molecule has 0 aliphatic carbocycles. The number of hydrogen-bond acceptors (Lipinski definition) is 3. The van der Waals surface area contributed by atoms with E-state index in [2.05, 4.69) is 21.6 Å². The van der Waals surface area contributed by atoms with Crippen molar-refractivity contribution < 1.29 is 39.9 Å². The van der Waals surface area contributed by atoms with E-state index in [9.17, 15) is 30.7 Å². The lowest BCUT2D eigenvalue weighted by Crippen LogP contribution is -2.23. The molecule has 0 aliphatic rings. The standard InChI is InChI=1S/C34H24F8N2O/c1-2-3-4-5-19-17-43-33(44-18-19)22-6-9-24(27(36)14-22)20-7-10-25(28(37)12-20)34(41,42)45-23-15-30(39)32(31(40)16-23)21-8-11-26(35)29(38)13-21/h6-18H,2-5H2,1H3. The Morgan fingerprint density at radius 2 is 1.24 bits per heavy atom. The first kappa shape index (κ1) is 31.6. The van der Waals surface area contributed by atoms with Gasteiger partial charge in [-0.05, 0) is 59.9 Å². The number of ether oxygens (including phenoxy) is 1. The molecule has 0 amide bonds. The Bertz CT molecular complexity index is 1820. The lowest BCUT2D eigenvalue weighted by atomic mass is 10.0. The Kier molecular flexibility index (Phi) is 9.17. The van der Waals surface area contributed by atoms with Gasteiger partial charge in [0.1, 0.15) is 29.0 Å². The first-order valence-electron chi connectivity index (χ1n) is 13.9. The van der Waals surface area contributed by atoms with Gasteiger partial charge in [-0.15, -0.1) is 0 Å². The van der Waals surface area contributed by atoms with Crippen LogP contribution in [0.5, 0.6) is 5.75 Å². The first-order chi connectivity index (χ1) is 21.5. The van der Waals surface area contributed by atoms with Crippen LogP contribution in [0.15, 0.2) is 79.1 Å². The maximum atomic E-state index is 15.1. The lowest BCUT2D eigenvalue weighted by Gasteiger charge is -2.20. The molecule has 0 radical (unpaired) electrons. The van der Waals surface area contributed by atoms with E-state index in [0.29, 0.717) is 42.0 Å². The van der Waals surface area contributed by atoms with Crippen molar-refractivity contribution in [3.63, 3.8) is 0 Å². The van der Waals surface area contributed by atoms with E-state index in [1.807, 2.05) is 0 Å². The van der Waals surface area contributed by atoms with Crippen molar-refractivity contribution in [2.24, 2.45) is 0 Å². The van der Waals surface area contributed by atoms with Gasteiger partial charge in [-0.2, -0.15) is 8.78 Å². The van der Waals surface area contributed by atoms with E-state index in [-0.39, 0.29) is 22.5 Å². The Morgan fingerprint density at radius 1 is 0.622 bits per heavy atom. The van der Waals surface area contributed by atoms with E-state index in [1.54, 1.807) is 12.4 Å². The van der Waals surface area contributed by atoms with Crippen LogP contribution < -0.4 is 4.74 Å². The predicted molar refractivity (Wildman–Crippen MR) is 152 cm³/mol. The third-order valence-corrected chi connectivity index (χ3v) is 7.07. The molecule has 3 nitrogen and oxygen atoms in total. The topological polar surface area (TPSA) is 35.0 Å². The fourth-order valence-corrected chi connectivity index (χ4v) is 4.76. The van der Waals surface area contributed by atoms with Gasteiger partial charge in [-0.3, -0.25) is 0 Å². The second-order valence-corrected chi connectivity index (χ2v) is 10.3. The molecule has 232 valence electrons. The van der Waals surface area contributed by atoms with Crippen molar-refractivity contribution >= 4 is 0 Å². The molecule has 0 bridgehead atoms. The smallest absolute Gasteiger partial charge is 0.429 e. The normalized spacial score (nSPS) is 11.6. The van der Waals surface area contributed by atoms with Crippen LogP contribution >= 0.6 is 0 Å². The molecular weight excluding hydrogens is 604 g/mol. The third-order valence-electron chi connectivity index (χ3n) is 7.07. The molecule has 0 saturated carbocycles. The minimum atomic E-state index is -4.41. The number of aryl methyl sites for hydroxylation is 1. The van der Waals surface area contributed by atoms with Crippen LogP contribution in [0.4, 0.5) is 35.1 Å². The largest absolute Gasteiger partial charge is 0.429 e. The highest BCUT2D eigenvalue weighted by atomic mass is 19.3. The number of rotatable bonds is 10. The van der Waals surface area contributed by atoms with E-state index < -0.39 is 57.9 Å². The summed E-state index contributed by atoms with van der Waals surface area (Å²) < 4.78 is 121. The van der Waals surface area contributed by atoms with Crippen LogP contribution in [0, 0.1) is 34.9 Å². The van der Waals surface area contributed by atoms with Gasteiger partial charge in [0.2, 0.25) is 0 Å². The maximum Gasteiger partial charge on any atom is 0.429 e. The number of unbranched alkanes of at least 4 members (excludes halogenated alkanes) is 2. The Morgan fingerprint density at radius 3 is 1.87 bits per heavy atom. The van der Waals surface area contributed by atoms with Gasteiger partial charge in [-0.1, -0.05) is 44.0 Å². The van der Waals surface area contributed by atoms with Gasteiger partial charge in [0.05, 0.1) is 11.1 Å². The second kappa shape index (κ2) is 13.1. The molecule has 1 heterocycles. The van der Waals surface area contributed by atoms with E-state index in [4.69, 9.17) is 0 Å². The minimum Gasteiger partial charge on any atom is -0.429 e. The van der Waals surface area contributed by atoms with Crippen molar-refractivity contribution in [3.8, 4) is 39.4 Å². The number of alkyl halides is 2. The molecule has 0 aliphatic heterocycles. The minimum absolute atomic E-state index is 0.0590. The molecule has 0 unspecified atom stereocenters. The van der Waals surface area contributed by atoms with E-state index in [0.717, 1.165) is 49.4 Å². The molecular formula is C34H24F8N2O. The van der Waals surface area contributed by atoms with Crippen molar-refractivity contribution in [1.29, 1.82) is 0 Å². The highest BCUT2D eigenvalue weighted by Gasteiger charge is 2.38. The van der Waals surface area contributed by atoms with Gasteiger partial charge >= 0.3 is 6.11 Å². The highest BCUT2D eigenvalue weighted by molar-refractivity contribution is 5.69. The highest BCUT2D eigenvalue weighted by Crippen LogP contribution is 2.38. The zero-order valence-corrected chi connectivity index (χ0v) is 23.7. The monoisotopic (exact) mass is 628 g/mol. The van der Waals surface area contributed by atoms with Gasteiger partial charge in [0, 0.05) is 35.7 Å². The molecule has 0 fully saturated rings. The molecule has 0 spiro atoms. The van der Waals surface area contributed by atoms with Crippen LogP contribution in [0.3, 0.4) is 0 Å². The predicted octanol–water partition coefficient (Wildman–Crippen LogP) is 10.2. The molecule has 1 aromatic heterocycles. The summed E-state index contributed by atoms with van der Waals surface area (Å²) in [6, 6.07) is 9.30. The summed E-state index contributed by atoms with van der Waals surface area (Å²) in [5.41, 5.74) is -1.29. The molecule has 5 rings (SSSR count). The van der Waals surface area contributed by atoms with Gasteiger partial charge in [0.15, 0.2) is 17.5 Å². The second-order valence-electron chi connectivity index (χ2n) is 10.3. The number of halogens is 8. The summed E-state index contributed by atoms with van der Waals surface area (Å²) in [6.07, 6.45) is 2.92. The molecule has 0 atom stereocenters. The van der Waals surface area contributed by atoms with Crippen molar-refractivity contribution in [2.75, 3.05) is 0 Å². The molecule has 4 aromatic carbocycles. The average Bonchev–Trinajstić information content (AvgIpc) is 2.98. The fraction of sp³-hybridized carbons (Fsp3) is 0.176. The van der Waals surface area contributed by atoms with Crippen molar-refractivity contribution in [2.45, 2.75) is 38.7 Å². The van der Waals surface area contributed by atoms with Gasteiger partial charge in [0.25, 0.3) is 0 Å². The maximum absolute atomic E-state index is 15.1. The summed E-state index contributed by atoms with van der Waals surface area (Å²) in [4.78, 5) is 8.57. The fourth-order valence-electron chi connectivity index (χ4n) is 4.76. The van der Waals surface area contributed by atoms with Crippen molar-refractivity contribution in [1.82, 2.24) is 9.97 Å². The summed E-state index contributed by atoms with van der Waals surface area (Å²) in [6.45, 7) is 2.10. The zero-order chi connectivity index (χ0) is 32.3. The van der Waals surface area contributed by atoms with Gasteiger partial charge in [-0.25, -0.2) is 36.3 Å². The number of aromatic nitrogens is 2. The lowest BCUT2D eigenvalue weighted by molar-refractivity contribution is -0.187. The molecule has 0 saturated heterocycles. The summed E-state index contributed by atoms with van der Waals surface area (Å²) in [5, 5.41) is 0. The summed E-state index contributed by atoms with van der Waals surface area (Å²) >= 11 is 0. The number of benzene rings is 4. The summed E-state index contributed by atoms with van der Waals surface area (Å²) in [7, 11) is 0.